The van der Waals surface area contributed by atoms with Crippen molar-refractivity contribution in [1.82, 2.24) is 15.3 Å². The molecule has 3 atom stereocenters. The number of aliphatic carboxylic acids is 1. The van der Waals surface area contributed by atoms with Gasteiger partial charge in [0.25, 0.3) is 0 Å². The van der Waals surface area contributed by atoms with Crippen LogP contribution in [0.3, 0.4) is 0 Å². The topological polar surface area (TPSA) is 131 Å². The highest BCUT2D eigenvalue weighted by Crippen LogP contribution is 2.39. The summed E-state index contributed by atoms with van der Waals surface area (Å²) in [5.41, 5.74) is 3.69. The Hall–Kier alpha value is -3.31. The minimum atomic E-state index is -0.845. The van der Waals surface area contributed by atoms with Crippen LogP contribution < -0.4 is 5.32 Å². The molecule has 1 saturated heterocycles. The van der Waals surface area contributed by atoms with Gasteiger partial charge in [0.15, 0.2) is 11.4 Å². The van der Waals surface area contributed by atoms with Crippen molar-refractivity contribution in [2.75, 3.05) is 5.75 Å². The Morgan fingerprint density at radius 3 is 2.28 bits per heavy atom. The number of carbonyl (C=O) groups is 2. The fourth-order valence-corrected chi connectivity index (χ4v) is 5.01. The Labute approximate surface area is 232 Å². The fraction of sp³-hybridized carbons (Fsp3) is 0.379. The van der Waals surface area contributed by atoms with Gasteiger partial charge in [-0.15, -0.1) is 0 Å². The van der Waals surface area contributed by atoms with Gasteiger partial charge in [0.2, 0.25) is 5.91 Å². The Morgan fingerprint density at radius 1 is 0.923 bits per heavy atom. The van der Waals surface area contributed by atoms with E-state index >= 15 is 0 Å². The number of hydrogen-bond donors (Lipinski definition) is 3. The number of carboxylic acid groups (broad SMARTS) is 1. The lowest BCUT2D eigenvalue weighted by molar-refractivity contribution is -0.245. The van der Waals surface area contributed by atoms with Crippen LogP contribution in [0, 0.1) is 0 Å². The van der Waals surface area contributed by atoms with Crippen LogP contribution in [0.25, 0.3) is 0 Å². The molecule has 1 aliphatic rings. The van der Waals surface area contributed by atoms with E-state index in [1.165, 1.54) is 0 Å². The summed E-state index contributed by atoms with van der Waals surface area (Å²) in [7, 11) is 0. The summed E-state index contributed by atoms with van der Waals surface area (Å²) in [5, 5.41) is 21.7. The second-order valence-corrected chi connectivity index (χ2v) is 10.3. The molecule has 3 N–H and O–H groups in total. The summed E-state index contributed by atoms with van der Waals surface area (Å²) in [6.45, 7) is 0.381. The second kappa shape index (κ2) is 14.7. The molecule has 0 radical (unpaired) electrons. The van der Waals surface area contributed by atoms with Crippen molar-refractivity contribution in [3.63, 3.8) is 0 Å². The number of nitrogens with one attached hydrogen (secondary N) is 1. The summed E-state index contributed by atoms with van der Waals surface area (Å²) in [6, 6.07) is 17.3. The van der Waals surface area contributed by atoms with Crippen LogP contribution in [-0.2, 0) is 32.2 Å². The minimum absolute atomic E-state index is 0.00853. The standard InChI is InChI=1S/C29H33N3O6S/c33-18-21-8-10-22(11-9-21)25-16-24(19-39-29-30-14-3-15-31-29)37-28(38-25)23-12-6-20(7-13-23)17-32-26(34)4-1-2-5-27(35)36/h3,6-15,24-25,28,33H,1-2,4-5,16-19H2,(H,32,34)(H,35,36)/t24-,25+,28+/m1/s1. The van der Waals surface area contributed by atoms with Gasteiger partial charge in [-0.25, -0.2) is 9.97 Å². The van der Waals surface area contributed by atoms with Crippen molar-refractivity contribution in [1.29, 1.82) is 0 Å². The monoisotopic (exact) mass is 551 g/mol. The van der Waals surface area contributed by atoms with E-state index in [4.69, 9.17) is 14.6 Å². The molecule has 0 bridgehead atoms. The molecular formula is C29H33N3O6S. The van der Waals surface area contributed by atoms with Crippen LogP contribution in [0.4, 0.5) is 0 Å². The van der Waals surface area contributed by atoms with E-state index in [2.05, 4.69) is 15.3 Å². The van der Waals surface area contributed by atoms with E-state index in [0.29, 0.717) is 43.1 Å². The van der Waals surface area contributed by atoms with E-state index in [9.17, 15) is 14.7 Å². The summed E-state index contributed by atoms with van der Waals surface area (Å²) in [5.74, 6) is -0.269. The zero-order valence-electron chi connectivity index (χ0n) is 21.6. The zero-order valence-corrected chi connectivity index (χ0v) is 22.4. The van der Waals surface area contributed by atoms with Crippen molar-refractivity contribution in [2.24, 2.45) is 0 Å². The predicted molar refractivity (Wildman–Crippen MR) is 146 cm³/mol. The first kappa shape index (κ1) is 28.7. The number of aromatic nitrogens is 2. The number of amides is 1. The van der Waals surface area contributed by atoms with Crippen molar-refractivity contribution < 1.29 is 29.3 Å². The van der Waals surface area contributed by atoms with Crippen molar-refractivity contribution >= 4 is 23.6 Å². The average molecular weight is 552 g/mol. The van der Waals surface area contributed by atoms with E-state index in [1.54, 1.807) is 30.2 Å². The molecule has 206 valence electrons. The first-order chi connectivity index (χ1) is 19.0. The number of thioether (sulfide) groups is 1. The summed E-state index contributed by atoms with van der Waals surface area (Å²) in [4.78, 5) is 31.2. The predicted octanol–water partition coefficient (Wildman–Crippen LogP) is 4.57. The molecule has 1 amide bonds. The number of carboxylic acids is 1. The molecule has 1 aliphatic heterocycles. The molecule has 3 aromatic rings. The van der Waals surface area contributed by atoms with Gasteiger partial charge < -0.3 is 25.0 Å². The van der Waals surface area contributed by atoms with Crippen LogP contribution in [-0.4, -0.2) is 43.9 Å². The largest absolute Gasteiger partial charge is 0.481 e. The minimum Gasteiger partial charge on any atom is -0.481 e. The third-order valence-corrected chi connectivity index (χ3v) is 7.35. The van der Waals surface area contributed by atoms with Crippen molar-refractivity contribution in [3.8, 4) is 0 Å². The van der Waals surface area contributed by atoms with Crippen LogP contribution >= 0.6 is 11.8 Å². The number of rotatable bonds is 13. The molecule has 4 rings (SSSR count). The van der Waals surface area contributed by atoms with E-state index < -0.39 is 12.3 Å². The molecule has 2 aromatic carbocycles. The van der Waals surface area contributed by atoms with Gasteiger partial charge in [0.1, 0.15) is 0 Å². The van der Waals surface area contributed by atoms with Crippen LogP contribution in [0.5, 0.6) is 0 Å². The fourth-order valence-electron chi connectivity index (χ4n) is 4.19. The molecule has 1 aromatic heterocycles. The van der Waals surface area contributed by atoms with Crippen LogP contribution in [0.2, 0.25) is 0 Å². The number of aliphatic hydroxyl groups excluding tert-OH is 1. The lowest BCUT2D eigenvalue weighted by Crippen LogP contribution is -2.31. The Bertz CT molecular complexity index is 1190. The number of hydrogen-bond acceptors (Lipinski definition) is 8. The second-order valence-electron chi connectivity index (χ2n) is 9.31. The third-order valence-electron chi connectivity index (χ3n) is 6.34. The lowest BCUT2D eigenvalue weighted by atomic mass is 10.0. The highest BCUT2D eigenvalue weighted by atomic mass is 32.2. The van der Waals surface area contributed by atoms with Gasteiger partial charge in [0.05, 0.1) is 18.8 Å². The summed E-state index contributed by atoms with van der Waals surface area (Å²) >= 11 is 1.54. The number of carbonyl (C=O) groups excluding carboxylic acids is 1. The Morgan fingerprint density at radius 2 is 1.59 bits per heavy atom. The first-order valence-electron chi connectivity index (χ1n) is 13.0. The van der Waals surface area contributed by atoms with E-state index in [1.807, 2.05) is 48.5 Å². The van der Waals surface area contributed by atoms with Gasteiger partial charge in [-0.05, 0) is 35.6 Å². The maximum atomic E-state index is 12.1. The van der Waals surface area contributed by atoms with Crippen LogP contribution in [0.1, 0.15) is 66.8 Å². The smallest absolute Gasteiger partial charge is 0.303 e. The van der Waals surface area contributed by atoms with Gasteiger partial charge in [0, 0.05) is 49.5 Å². The molecule has 0 aliphatic carbocycles. The number of unbranched alkanes of at least 4 members (excludes halogenated alkanes) is 1. The van der Waals surface area contributed by atoms with E-state index in [-0.39, 0.29) is 31.1 Å². The summed E-state index contributed by atoms with van der Waals surface area (Å²) < 4.78 is 12.7. The van der Waals surface area contributed by atoms with Crippen LogP contribution in [0.15, 0.2) is 72.1 Å². The zero-order chi connectivity index (χ0) is 27.5. The average Bonchev–Trinajstić information content (AvgIpc) is 2.98. The van der Waals surface area contributed by atoms with Crippen molar-refractivity contribution in [2.45, 2.75) is 68.9 Å². The number of benzene rings is 2. The summed E-state index contributed by atoms with van der Waals surface area (Å²) in [6.07, 6.45) is 4.69. The lowest BCUT2D eigenvalue weighted by Gasteiger charge is -2.36. The van der Waals surface area contributed by atoms with Gasteiger partial charge >= 0.3 is 5.97 Å². The molecule has 2 heterocycles. The third kappa shape index (κ3) is 9.14. The quantitative estimate of drug-likeness (QED) is 0.159. The molecule has 39 heavy (non-hydrogen) atoms. The molecule has 0 saturated carbocycles. The normalized spacial score (nSPS) is 18.9. The Kier molecular flexibility index (Phi) is 10.8. The molecule has 10 heteroatoms. The maximum absolute atomic E-state index is 12.1. The first-order valence-corrected chi connectivity index (χ1v) is 14.0. The maximum Gasteiger partial charge on any atom is 0.303 e. The SMILES string of the molecule is O=C(O)CCCCC(=O)NCc1ccc([C@H]2O[C@@H](CSc3ncccn3)C[C@@H](c3ccc(CO)cc3)O2)cc1. The molecule has 1 fully saturated rings. The van der Waals surface area contributed by atoms with Gasteiger partial charge in [-0.2, -0.15) is 0 Å². The number of ether oxygens (including phenoxy) is 2. The van der Waals surface area contributed by atoms with Gasteiger partial charge in [-0.1, -0.05) is 60.3 Å². The Balaban J connectivity index is 1.37. The van der Waals surface area contributed by atoms with Crippen molar-refractivity contribution in [3.05, 3.63) is 89.2 Å². The van der Waals surface area contributed by atoms with E-state index in [0.717, 1.165) is 22.3 Å². The van der Waals surface area contributed by atoms with Gasteiger partial charge in [-0.3, -0.25) is 9.59 Å². The molecule has 9 nitrogen and oxygen atoms in total. The highest BCUT2D eigenvalue weighted by molar-refractivity contribution is 7.99. The number of nitrogens with zero attached hydrogens (tertiary/aromatic N) is 2. The number of aliphatic hydroxyl groups is 1. The highest BCUT2D eigenvalue weighted by Gasteiger charge is 2.32. The molecule has 0 spiro atoms. The molecule has 0 unspecified atom stereocenters. The molecular weight excluding hydrogens is 518 g/mol.